The van der Waals surface area contributed by atoms with Crippen molar-refractivity contribution in [1.29, 1.82) is 0 Å². The zero-order valence-corrected chi connectivity index (χ0v) is 10.5. The number of nitro benzene ring substituents is 1. The van der Waals surface area contributed by atoms with Crippen LogP contribution in [0.25, 0.3) is 0 Å². The first-order valence-corrected chi connectivity index (χ1v) is 6.90. The molecule has 0 atom stereocenters. The van der Waals surface area contributed by atoms with Crippen LogP contribution in [0, 0.1) is 10.1 Å². The standard InChI is InChI=1S/C10H15N3O4S/c11-7-1-2-8-12-18(16,17)10-5-3-9(4-6-10)13(14)15/h3-6,12H,1-2,7-8,11H2. The van der Waals surface area contributed by atoms with Crippen LogP contribution in [-0.2, 0) is 10.0 Å². The van der Waals surface area contributed by atoms with Gasteiger partial charge in [-0.15, -0.1) is 0 Å². The number of nitro groups is 1. The first-order chi connectivity index (χ1) is 8.47. The SMILES string of the molecule is NCCCCNS(=O)(=O)c1ccc([N+](=O)[O-])cc1. The van der Waals surface area contributed by atoms with Crippen LogP contribution >= 0.6 is 0 Å². The van der Waals surface area contributed by atoms with Crippen LogP contribution < -0.4 is 10.5 Å². The molecule has 1 rings (SSSR count). The molecule has 0 saturated carbocycles. The average Bonchev–Trinajstić information content (AvgIpc) is 2.35. The van der Waals surface area contributed by atoms with Crippen LogP contribution in [0.4, 0.5) is 5.69 Å². The third kappa shape index (κ3) is 4.06. The summed E-state index contributed by atoms with van der Waals surface area (Å²) in [6.07, 6.45) is 1.39. The average molecular weight is 273 g/mol. The van der Waals surface area contributed by atoms with Crippen LogP contribution in [0.1, 0.15) is 12.8 Å². The van der Waals surface area contributed by atoms with Gasteiger partial charge < -0.3 is 5.73 Å². The maximum absolute atomic E-state index is 11.8. The molecule has 0 aliphatic carbocycles. The van der Waals surface area contributed by atoms with Gasteiger partial charge in [0.1, 0.15) is 0 Å². The Labute approximate surface area is 105 Å². The molecule has 0 unspecified atom stereocenters. The van der Waals surface area contributed by atoms with Crippen molar-refractivity contribution in [2.75, 3.05) is 13.1 Å². The van der Waals surface area contributed by atoms with Crippen molar-refractivity contribution in [3.63, 3.8) is 0 Å². The lowest BCUT2D eigenvalue weighted by molar-refractivity contribution is -0.384. The van der Waals surface area contributed by atoms with E-state index in [1.54, 1.807) is 0 Å². The van der Waals surface area contributed by atoms with Gasteiger partial charge in [-0.3, -0.25) is 10.1 Å². The molecule has 0 bridgehead atoms. The van der Waals surface area contributed by atoms with Crippen molar-refractivity contribution in [3.05, 3.63) is 34.4 Å². The smallest absolute Gasteiger partial charge is 0.269 e. The normalized spacial score (nSPS) is 11.4. The predicted molar refractivity (Wildman–Crippen MR) is 66.6 cm³/mol. The van der Waals surface area contributed by atoms with E-state index in [1.807, 2.05) is 0 Å². The van der Waals surface area contributed by atoms with Crippen LogP contribution in [0.3, 0.4) is 0 Å². The molecular weight excluding hydrogens is 258 g/mol. The number of nitrogens with zero attached hydrogens (tertiary/aromatic N) is 1. The van der Waals surface area contributed by atoms with Crippen LogP contribution in [0.15, 0.2) is 29.2 Å². The van der Waals surface area contributed by atoms with Gasteiger partial charge in [-0.25, -0.2) is 13.1 Å². The Hall–Kier alpha value is -1.51. The largest absolute Gasteiger partial charge is 0.330 e. The lowest BCUT2D eigenvalue weighted by Crippen LogP contribution is -2.25. The molecular formula is C10H15N3O4S. The lowest BCUT2D eigenvalue weighted by atomic mass is 10.3. The molecule has 0 radical (unpaired) electrons. The maximum atomic E-state index is 11.8. The molecule has 18 heavy (non-hydrogen) atoms. The molecule has 0 spiro atoms. The second kappa shape index (κ2) is 6.43. The molecule has 0 saturated heterocycles. The summed E-state index contributed by atoms with van der Waals surface area (Å²) in [6.45, 7) is 0.815. The first-order valence-electron chi connectivity index (χ1n) is 5.41. The Bertz CT molecular complexity index is 498. The van der Waals surface area contributed by atoms with Gasteiger partial charge in [0.25, 0.3) is 5.69 Å². The number of nitrogens with one attached hydrogen (secondary N) is 1. The van der Waals surface area contributed by atoms with Crippen molar-refractivity contribution in [3.8, 4) is 0 Å². The van der Waals surface area contributed by atoms with E-state index in [0.717, 1.165) is 18.6 Å². The van der Waals surface area contributed by atoms with Crippen LogP contribution in [0.5, 0.6) is 0 Å². The van der Waals surface area contributed by atoms with Crippen molar-refractivity contribution in [2.45, 2.75) is 17.7 Å². The Morgan fingerprint density at radius 3 is 2.33 bits per heavy atom. The summed E-state index contributed by atoms with van der Waals surface area (Å²) in [5, 5.41) is 10.4. The Kier molecular flexibility index (Phi) is 5.20. The van der Waals surface area contributed by atoms with Crippen molar-refractivity contribution in [2.24, 2.45) is 5.73 Å². The quantitative estimate of drug-likeness (QED) is 0.429. The molecule has 1 aromatic carbocycles. The Balaban J connectivity index is 2.70. The van der Waals surface area contributed by atoms with Gasteiger partial charge in [-0.05, 0) is 31.5 Å². The molecule has 0 aromatic heterocycles. The van der Waals surface area contributed by atoms with Crippen LogP contribution in [0.2, 0.25) is 0 Å². The predicted octanol–water partition coefficient (Wildman–Crippen LogP) is 0.612. The summed E-state index contributed by atoms with van der Waals surface area (Å²) in [5.41, 5.74) is 5.15. The monoisotopic (exact) mass is 273 g/mol. The highest BCUT2D eigenvalue weighted by molar-refractivity contribution is 7.89. The van der Waals surface area contributed by atoms with Gasteiger partial charge in [0.2, 0.25) is 10.0 Å². The molecule has 3 N–H and O–H groups in total. The minimum Gasteiger partial charge on any atom is -0.330 e. The van der Waals surface area contributed by atoms with Crippen molar-refractivity contribution >= 4 is 15.7 Å². The van der Waals surface area contributed by atoms with E-state index < -0.39 is 14.9 Å². The fraction of sp³-hybridized carbons (Fsp3) is 0.400. The highest BCUT2D eigenvalue weighted by atomic mass is 32.2. The zero-order valence-electron chi connectivity index (χ0n) is 9.70. The second-order valence-electron chi connectivity index (χ2n) is 3.64. The summed E-state index contributed by atoms with van der Waals surface area (Å²) in [5.74, 6) is 0. The van der Waals surface area contributed by atoms with E-state index >= 15 is 0 Å². The summed E-state index contributed by atoms with van der Waals surface area (Å²) in [7, 11) is -3.60. The highest BCUT2D eigenvalue weighted by Crippen LogP contribution is 2.15. The maximum Gasteiger partial charge on any atom is 0.269 e. The molecule has 0 amide bonds. The van der Waals surface area contributed by atoms with E-state index in [1.165, 1.54) is 12.1 Å². The van der Waals surface area contributed by atoms with E-state index in [0.29, 0.717) is 19.5 Å². The van der Waals surface area contributed by atoms with E-state index in [9.17, 15) is 18.5 Å². The third-order valence-corrected chi connectivity index (χ3v) is 3.76. The van der Waals surface area contributed by atoms with E-state index in [-0.39, 0.29) is 10.6 Å². The second-order valence-corrected chi connectivity index (χ2v) is 5.41. The van der Waals surface area contributed by atoms with E-state index in [2.05, 4.69) is 4.72 Å². The Morgan fingerprint density at radius 1 is 1.22 bits per heavy atom. The number of benzene rings is 1. The van der Waals surface area contributed by atoms with Crippen molar-refractivity contribution < 1.29 is 13.3 Å². The van der Waals surface area contributed by atoms with Crippen molar-refractivity contribution in [1.82, 2.24) is 4.72 Å². The number of sulfonamides is 1. The molecule has 0 fully saturated rings. The summed E-state index contributed by atoms with van der Waals surface area (Å²) >= 11 is 0. The number of hydrogen-bond acceptors (Lipinski definition) is 5. The fourth-order valence-corrected chi connectivity index (χ4v) is 2.38. The molecule has 7 nitrogen and oxygen atoms in total. The topological polar surface area (TPSA) is 115 Å². The number of unbranched alkanes of at least 4 members (excludes halogenated alkanes) is 1. The zero-order chi connectivity index (χ0) is 13.6. The first kappa shape index (κ1) is 14.6. The molecule has 0 aliphatic rings. The molecule has 1 aromatic rings. The fourth-order valence-electron chi connectivity index (χ4n) is 1.31. The van der Waals surface area contributed by atoms with Gasteiger partial charge in [0.15, 0.2) is 0 Å². The summed E-state index contributed by atoms with van der Waals surface area (Å²) in [4.78, 5) is 9.87. The van der Waals surface area contributed by atoms with Gasteiger partial charge >= 0.3 is 0 Å². The lowest BCUT2D eigenvalue weighted by Gasteiger charge is -2.05. The van der Waals surface area contributed by atoms with Gasteiger partial charge in [0.05, 0.1) is 9.82 Å². The minimum atomic E-state index is -3.60. The van der Waals surface area contributed by atoms with E-state index in [4.69, 9.17) is 5.73 Å². The molecule has 0 aliphatic heterocycles. The summed E-state index contributed by atoms with van der Waals surface area (Å²) in [6, 6.07) is 4.75. The molecule has 100 valence electrons. The molecule has 0 heterocycles. The number of rotatable bonds is 7. The number of non-ortho nitro benzene ring substituents is 1. The molecule has 8 heteroatoms. The minimum absolute atomic E-state index is 0.0147. The number of hydrogen-bond donors (Lipinski definition) is 2. The van der Waals surface area contributed by atoms with Crippen LogP contribution in [-0.4, -0.2) is 26.4 Å². The third-order valence-electron chi connectivity index (χ3n) is 2.28. The Morgan fingerprint density at radius 2 is 1.83 bits per heavy atom. The summed E-state index contributed by atoms with van der Waals surface area (Å²) < 4.78 is 25.9. The van der Waals surface area contributed by atoms with Gasteiger partial charge in [0, 0.05) is 18.7 Å². The highest BCUT2D eigenvalue weighted by Gasteiger charge is 2.14. The van der Waals surface area contributed by atoms with Gasteiger partial charge in [-0.2, -0.15) is 0 Å². The number of nitrogens with two attached hydrogens (primary N) is 1. The van der Waals surface area contributed by atoms with Gasteiger partial charge in [-0.1, -0.05) is 0 Å².